The van der Waals surface area contributed by atoms with Crippen LogP contribution in [0.3, 0.4) is 0 Å². The number of carboxylic acids is 1. The van der Waals surface area contributed by atoms with E-state index in [2.05, 4.69) is 0 Å². The molecule has 0 bridgehead atoms. The molecule has 0 radical (unpaired) electrons. The topological polar surface area (TPSA) is 155 Å². The fraction of sp³-hybridized carbons (Fsp3) is 0.529. The summed E-state index contributed by atoms with van der Waals surface area (Å²) in [5, 5.41) is 9.21. The van der Waals surface area contributed by atoms with Crippen molar-refractivity contribution >= 4 is 23.9 Å². The van der Waals surface area contributed by atoms with E-state index in [1.165, 1.54) is 24.9 Å². The highest BCUT2D eigenvalue weighted by Crippen LogP contribution is 2.31. The third-order valence-electron chi connectivity index (χ3n) is 3.95. The molecule has 2 rings (SSSR count). The second kappa shape index (κ2) is 9.33. The average molecular weight is 398 g/mol. The molecule has 0 spiro atoms. The summed E-state index contributed by atoms with van der Waals surface area (Å²) in [6.45, 7) is 1.70. The Morgan fingerprint density at radius 1 is 1.21 bits per heavy atom. The van der Waals surface area contributed by atoms with E-state index in [0.717, 1.165) is 0 Å². The lowest BCUT2D eigenvalue weighted by atomic mass is 10.1. The molecule has 2 aliphatic heterocycles. The Bertz CT molecular complexity index is 703. The fourth-order valence-electron chi connectivity index (χ4n) is 2.85. The predicted molar refractivity (Wildman–Crippen MR) is 91.1 cm³/mol. The smallest absolute Gasteiger partial charge is 0.333 e. The minimum atomic E-state index is -1.11. The van der Waals surface area contributed by atoms with E-state index in [-0.39, 0.29) is 25.1 Å². The summed E-state index contributed by atoms with van der Waals surface area (Å²) in [6.07, 6.45) is 0.592. The number of carboxylic acid groups (broad SMARTS) is 1. The molecule has 0 saturated carbocycles. The number of aliphatic carboxylic acids is 1. The third-order valence-corrected chi connectivity index (χ3v) is 3.95. The van der Waals surface area contributed by atoms with Gasteiger partial charge in [-0.2, -0.15) is 0 Å². The van der Waals surface area contributed by atoms with E-state index in [1.54, 1.807) is 12.3 Å². The van der Waals surface area contributed by atoms with Crippen LogP contribution in [-0.4, -0.2) is 71.6 Å². The zero-order chi connectivity index (χ0) is 20.8. The normalized spacial score (nSPS) is 26.4. The molecule has 4 atom stereocenters. The second-order valence-electron chi connectivity index (χ2n) is 6.10. The summed E-state index contributed by atoms with van der Waals surface area (Å²) < 4.78 is 21.3. The molecule has 11 nitrogen and oxygen atoms in total. The molecule has 0 amide bonds. The molecule has 154 valence electrons. The quantitative estimate of drug-likeness (QED) is 0.411. The number of carbonyl (C=O) groups excluding carboxylic acids is 3. The average Bonchev–Trinajstić information content (AvgIpc) is 2.96. The number of esters is 3. The summed E-state index contributed by atoms with van der Waals surface area (Å²) in [7, 11) is 0. The molecule has 11 heteroatoms. The van der Waals surface area contributed by atoms with Crippen LogP contribution in [-0.2, 0) is 38.1 Å². The van der Waals surface area contributed by atoms with Gasteiger partial charge < -0.3 is 34.7 Å². The van der Waals surface area contributed by atoms with Crippen molar-refractivity contribution in [1.82, 2.24) is 4.90 Å². The van der Waals surface area contributed by atoms with Gasteiger partial charge in [0.25, 0.3) is 0 Å². The fourth-order valence-corrected chi connectivity index (χ4v) is 2.85. The molecule has 0 aromatic heterocycles. The van der Waals surface area contributed by atoms with E-state index < -0.39 is 48.4 Å². The Labute approximate surface area is 160 Å². The predicted octanol–water partition coefficient (Wildman–Crippen LogP) is -0.735. The van der Waals surface area contributed by atoms with Crippen LogP contribution in [0.5, 0.6) is 0 Å². The summed E-state index contributed by atoms with van der Waals surface area (Å²) in [5.74, 6) is -3.11. The first-order valence-corrected chi connectivity index (χ1v) is 8.46. The zero-order valence-electron chi connectivity index (χ0n) is 15.4. The SMILES string of the molecule is CC(=O)O[C@@H]1[C@H](OC(C)=O)[C@@H](COC(=O)CN)O[C@H]1N1C=CCC(C(=O)O)=C1. The van der Waals surface area contributed by atoms with Gasteiger partial charge in [0.15, 0.2) is 18.4 Å². The van der Waals surface area contributed by atoms with Gasteiger partial charge in [0.2, 0.25) is 0 Å². The maximum Gasteiger partial charge on any atom is 0.333 e. The molecular formula is C17H22N2O9. The summed E-state index contributed by atoms with van der Waals surface area (Å²) in [4.78, 5) is 47.2. The summed E-state index contributed by atoms with van der Waals surface area (Å²) >= 11 is 0. The van der Waals surface area contributed by atoms with Crippen LogP contribution in [0.15, 0.2) is 24.0 Å². The molecule has 3 N–H and O–H groups in total. The number of rotatable bonds is 7. The lowest BCUT2D eigenvalue weighted by Gasteiger charge is -2.30. The highest BCUT2D eigenvalue weighted by Gasteiger charge is 2.51. The Hall–Kier alpha value is -2.92. The van der Waals surface area contributed by atoms with Crippen LogP contribution in [0.25, 0.3) is 0 Å². The van der Waals surface area contributed by atoms with Crippen LogP contribution in [0.4, 0.5) is 0 Å². The van der Waals surface area contributed by atoms with E-state index in [0.29, 0.717) is 0 Å². The number of nitrogens with zero attached hydrogens (tertiary/aromatic N) is 1. The summed E-state index contributed by atoms with van der Waals surface area (Å²) in [6, 6.07) is 0. The lowest BCUT2D eigenvalue weighted by Crippen LogP contribution is -2.45. The number of nitrogens with two attached hydrogens (primary N) is 1. The first-order valence-electron chi connectivity index (χ1n) is 8.46. The Balaban J connectivity index is 2.30. The number of hydrogen-bond acceptors (Lipinski definition) is 10. The number of carbonyl (C=O) groups is 4. The van der Waals surface area contributed by atoms with Crippen molar-refractivity contribution in [3.8, 4) is 0 Å². The van der Waals surface area contributed by atoms with Gasteiger partial charge in [-0.3, -0.25) is 14.4 Å². The van der Waals surface area contributed by atoms with E-state index in [1.807, 2.05) is 0 Å². The van der Waals surface area contributed by atoms with Gasteiger partial charge in [0, 0.05) is 32.7 Å². The maximum atomic E-state index is 11.6. The van der Waals surface area contributed by atoms with Crippen molar-refractivity contribution in [3.05, 3.63) is 24.0 Å². The van der Waals surface area contributed by atoms with Gasteiger partial charge >= 0.3 is 23.9 Å². The minimum Gasteiger partial charge on any atom is -0.478 e. The molecule has 1 fully saturated rings. The molecule has 2 heterocycles. The minimum absolute atomic E-state index is 0.0923. The highest BCUT2D eigenvalue weighted by atomic mass is 16.7. The monoisotopic (exact) mass is 398 g/mol. The molecule has 0 aliphatic carbocycles. The zero-order valence-corrected chi connectivity index (χ0v) is 15.4. The molecule has 2 aliphatic rings. The molecule has 28 heavy (non-hydrogen) atoms. The maximum absolute atomic E-state index is 11.6. The molecule has 0 aromatic rings. The van der Waals surface area contributed by atoms with Crippen LogP contribution in [0.2, 0.25) is 0 Å². The molecule has 0 unspecified atom stereocenters. The summed E-state index contributed by atoms with van der Waals surface area (Å²) in [5.41, 5.74) is 5.29. The highest BCUT2D eigenvalue weighted by molar-refractivity contribution is 5.87. The van der Waals surface area contributed by atoms with E-state index >= 15 is 0 Å². The largest absolute Gasteiger partial charge is 0.478 e. The second-order valence-corrected chi connectivity index (χ2v) is 6.10. The van der Waals surface area contributed by atoms with Crippen molar-refractivity contribution in [1.29, 1.82) is 0 Å². The number of hydrogen-bond donors (Lipinski definition) is 2. The van der Waals surface area contributed by atoms with E-state index in [4.69, 9.17) is 24.7 Å². The van der Waals surface area contributed by atoms with E-state index in [9.17, 15) is 24.3 Å². The van der Waals surface area contributed by atoms with Crippen LogP contribution in [0, 0.1) is 0 Å². The van der Waals surface area contributed by atoms with Crippen molar-refractivity contribution < 1.29 is 43.2 Å². The lowest BCUT2D eigenvalue weighted by molar-refractivity contribution is -0.166. The number of ether oxygens (including phenoxy) is 4. The third kappa shape index (κ3) is 5.30. The number of allylic oxidation sites excluding steroid dienone is 1. The van der Waals surface area contributed by atoms with Crippen LogP contribution >= 0.6 is 0 Å². The van der Waals surface area contributed by atoms with Gasteiger partial charge in [0.1, 0.15) is 12.7 Å². The molecule has 0 aromatic carbocycles. The van der Waals surface area contributed by atoms with Gasteiger partial charge in [-0.15, -0.1) is 0 Å². The molecule has 1 saturated heterocycles. The van der Waals surface area contributed by atoms with Crippen molar-refractivity contribution in [2.45, 2.75) is 44.8 Å². The van der Waals surface area contributed by atoms with Crippen LogP contribution in [0.1, 0.15) is 20.3 Å². The van der Waals surface area contributed by atoms with Gasteiger partial charge in [-0.05, 0) is 0 Å². The van der Waals surface area contributed by atoms with Crippen molar-refractivity contribution in [2.75, 3.05) is 13.2 Å². The Kier molecular flexibility index (Phi) is 7.12. The Morgan fingerprint density at radius 3 is 2.43 bits per heavy atom. The van der Waals surface area contributed by atoms with Gasteiger partial charge in [0.05, 0.1) is 12.1 Å². The van der Waals surface area contributed by atoms with Gasteiger partial charge in [-0.25, -0.2) is 4.79 Å². The standard InChI is InChI=1S/C17H22N2O9/c1-9(20)26-14-12(8-25-13(22)6-18)28-16(15(14)27-10(2)21)19-5-3-4-11(7-19)17(23)24/h3,5,7,12,14-16H,4,6,8,18H2,1-2H3,(H,23,24)/t12-,14-,15-,16-/m1/s1. The first-order chi connectivity index (χ1) is 13.2. The first kappa shape index (κ1) is 21.4. The van der Waals surface area contributed by atoms with Crippen LogP contribution < -0.4 is 5.73 Å². The molecular weight excluding hydrogens is 376 g/mol. The van der Waals surface area contributed by atoms with Crippen molar-refractivity contribution in [2.24, 2.45) is 5.73 Å². The van der Waals surface area contributed by atoms with Gasteiger partial charge in [-0.1, -0.05) is 6.08 Å². The Morgan fingerprint density at radius 2 is 1.86 bits per heavy atom. The van der Waals surface area contributed by atoms with Crippen molar-refractivity contribution in [3.63, 3.8) is 0 Å².